The molecule has 4 atom stereocenters. The van der Waals surface area contributed by atoms with Gasteiger partial charge in [-0.1, -0.05) is 13.8 Å². The smallest absolute Gasteiger partial charge is 0.326 e. The van der Waals surface area contributed by atoms with E-state index in [0.717, 1.165) is 0 Å². The Labute approximate surface area is 174 Å². The van der Waals surface area contributed by atoms with Crippen molar-refractivity contribution in [3.8, 4) is 0 Å². The summed E-state index contributed by atoms with van der Waals surface area (Å²) < 4.78 is 0. The number of hydrogen-bond donors (Lipinski definition) is 7. The summed E-state index contributed by atoms with van der Waals surface area (Å²) in [7, 11) is 0. The van der Waals surface area contributed by atoms with E-state index < -0.39 is 47.9 Å². The molecule has 1 aromatic rings. The average Bonchev–Trinajstić information content (AvgIpc) is 3.16. The number of nitrogens with one attached hydrogen (secondary N) is 4. The summed E-state index contributed by atoms with van der Waals surface area (Å²) in [6.45, 7) is 4.73. The molecular formula is C17H28N6O5S. The summed E-state index contributed by atoms with van der Waals surface area (Å²) >= 11 is 3.96. The maximum atomic E-state index is 12.7. The van der Waals surface area contributed by atoms with Gasteiger partial charge in [0.1, 0.15) is 18.1 Å². The van der Waals surface area contributed by atoms with Gasteiger partial charge < -0.3 is 31.8 Å². The lowest BCUT2D eigenvalue weighted by atomic mass is 10.0. The second-order valence-electron chi connectivity index (χ2n) is 6.93. The van der Waals surface area contributed by atoms with Crippen LogP contribution in [0.1, 0.15) is 26.5 Å². The molecule has 0 saturated heterocycles. The Morgan fingerprint density at radius 3 is 2.28 bits per heavy atom. The number of carbonyl (C=O) groups is 4. The summed E-state index contributed by atoms with van der Waals surface area (Å²) in [5.41, 5.74) is 6.23. The molecule has 0 aromatic carbocycles. The molecule has 0 saturated carbocycles. The van der Waals surface area contributed by atoms with Crippen molar-refractivity contribution in [2.45, 2.75) is 51.4 Å². The van der Waals surface area contributed by atoms with E-state index in [1.165, 1.54) is 19.4 Å². The minimum absolute atomic E-state index is 0.0921. The van der Waals surface area contributed by atoms with Crippen LogP contribution >= 0.6 is 12.6 Å². The number of nitrogens with zero attached hydrogens (tertiary/aromatic N) is 1. The van der Waals surface area contributed by atoms with Gasteiger partial charge >= 0.3 is 5.97 Å². The number of aromatic amines is 1. The van der Waals surface area contributed by atoms with E-state index in [2.05, 4.69) is 38.5 Å². The number of carboxylic acids is 1. The van der Waals surface area contributed by atoms with E-state index in [0.29, 0.717) is 5.69 Å². The van der Waals surface area contributed by atoms with Crippen molar-refractivity contribution in [1.82, 2.24) is 25.9 Å². The van der Waals surface area contributed by atoms with Gasteiger partial charge in [-0.15, -0.1) is 0 Å². The van der Waals surface area contributed by atoms with Crippen molar-refractivity contribution >= 4 is 36.3 Å². The molecule has 0 radical (unpaired) electrons. The van der Waals surface area contributed by atoms with Crippen LogP contribution in [-0.2, 0) is 25.6 Å². The zero-order chi connectivity index (χ0) is 22.1. The number of aromatic nitrogens is 2. The second-order valence-corrected chi connectivity index (χ2v) is 7.30. The van der Waals surface area contributed by atoms with Gasteiger partial charge in [-0.3, -0.25) is 14.4 Å². The van der Waals surface area contributed by atoms with Crippen molar-refractivity contribution in [1.29, 1.82) is 0 Å². The summed E-state index contributed by atoms with van der Waals surface area (Å²) in [6, 6.07) is -4.04. The molecule has 29 heavy (non-hydrogen) atoms. The van der Waals surface area contributed by atoms with Crippen LogP contribution in [0.15, 0.2) is 12.5 Å². The van der Waals surface area contributed by atoms with Crippen LogP contribution in [0.3, 0.4) is 0 Å². The molecule has 0 aliphatic rings. The van der Waals surface area contributed by atoms with Gasteiger partial charge in [0.2, 0.25) is 17.7 Å². The number of rotatable bonds is 11. The van der Waals surface area contributed by atoms with Crippen LogP contribution in [0.2, 0.25) is 0 Å². The lowest BCUT2D eigenvalue weighted by molar-refractivity contribution is -0.143. The van der Waals surface area contributed by atoms with Gasteiger partial charge in [0.15, 0.2) is 0 Å². The van der Waals surface area contributed by atoms with Crippen molar-refractivity contribution in [2.75, 3.05) is 5.75 Å². The summed E-state index contributed by atoms with van der Waals surface area (Å²) in [6.07, 6.45) is 3.02. The molecule has 162 valence electrons. The molecule has 0 aliphatic carbocycles. The quantitative estimate of drug-likeness (QED) is 0.208. The van der Waals surface area contributed by atoms with E-state index in [1.807, 2.05) is 0 Å². The second kappa shape index (κ2) is 11.4. The molecule has 1 heterocycles. The molecule has 1 rings (SSSR count). The van der Waals surface area contributed by atoms with Crippen molar-refractivity contribution in [2.24, 2.45) is 11.7 Å². The number of thiol groups is 1. The third-order valence-electron chi connectivity index (χ3n) is 4.13. The number of H-pyrrole nitrogens is 1. The van der Waals surface area contributed by atoms with Crippen molar-refractivity contribution in [3.05, 3.63) is 18.2 Å². The highest BCUT2D eigenvalue weighted by Crippen LogP contribution is 2.04. The lowest BCUT2D eigenvalue weighted by Crippen LogP contribution is -2.57. The lowest BCUT2D eigenvalue weighted by Gasteiger charge is -2.24. The Bertz CT molecular complexity index is 711. The molecular weight excluding hydrogens is 400 g/mol. The number of nitrogens with two attached hydrogens (primary N) is 1. The summed E-state index contributed by atoms with van der Waals surface area (Å²) in [4.78, 5) is 55.0. The fraction of sp³-hybridized carbons (Fsp3) is 0.588. The van der Waals surface area contributed by atoms with Crippen molar-refractivity contribution in [3.63, 3.8) is 0 Å². The molecule has 12 heteroatoms. The molecule has 7 N–H and O–H groups in total. The number of amides is 3. The minimum atomic E-state index is -1.17. The Kier molecular flexibility index (Phi) is 9.62. The van der Waals surface area contributed by atoms with E-state index in [1.54, 1.807) is 13.8 Å². The minimum Gasteiger partial charge on any atom is -0.480 e. The molecule has 1 aromatic heterocycles. The van der Waals surface area contributed by atoms with E-state index >= 15 is 0 Å². The van der Waals surface area contributed by atoms with Crippen LogP contribution in [0.4, 0.5) is 0 Å². The first-order valence-electron chi connectivity index (χ1n) is 9.04. The van der Waals surface area contributed by atoms with Gasteiger partial charge in [0.25, 0.3) is 0 Å². The molecule has 4 unspecified atom stereocenters. The first-order valence-corrected chi connectivity index (χ1v) is 9.67. The van der Waals surface area contributed by atoms with Crippen LogP contribution in [-0.4, -0.2) is 68.7 Å². The van der Waals surface area contributed by atoms with Gasteiger partial charge in [-0.25, -0.2) is 9.78 Å². The standard InChI is InChI=1S/C17H28N6O5S/c1-8(2)13(17(27)28)23-14(24)9(3)21-16(26)12(4-10-5-19-7-20-10)22-15(25)11(18)6-29/h5,7-9,11-13,29H,4,6,18H2,1-3H3,(H,19,20)(H,21,26)(H,22,25)(H,23,24)(H,27,28). The number of hydrogen-bond acceptors (Lipinski definition) is 7. The molecule has 3 amide bonds. The maximum Gasteiger partial charge on any atom is 0.326 e. The normalized spacial score (nSPS) is 15.1. The van der Waals surface area contributed by atoms with E-state index in [4.69, 9.17) is 5.73 Å². The van der Waals surface area contributed by atoms with Crippen LogP contribution in [0.25, 0.3) is 0 Å². The maximum absolute atomic E-state index is 12.7. The average molecular weight is 429 g/mol. The predicted octanol–water partition coefficient (Wildman–Crippen LogP) is -1.58. The van der Waals surface area contributed by atoms with Gasteiger partial charge in [-0.05, 0) is 12.8 Å². The fourth-order valence-corrected chi connectivity index (χ4v) is 2.52. The summed E-state index contributed by atoms with van der Waals surface area (Å²) in [5.74, 6) is -3.26. The molecule has 0 aliphatic heterocycles. The zero-order valence-corrected chi connectivity index (χ0v) is 17.4. The van der Waals surface area contributed by atoms with Crippen LogP contribution in [0, 0.1) is 5.92 Å². The topological polar surface area (TPSA) is 179 Å². The van der Waals surface area contributed by atoms with Gasteiger partial charge in [-0.2, -0.15) is 12.6 Å². The van der Waals surface area contributed by atoms with Crippen molar-refractivity contribution < 1.29 is 24.3 Å². The Balaban J connectivity index is 2.82. The number of carbonyl (C=O) groups excluding carboxylic acids is 3. The SMILES string of the molecule is CC(NC(=O)C(Cc1cnc[nH]1)NC(=O)C(N)CS)C(=O)NC(C(=O)O)C(C)C. The molecule has 0 fully saturated rings. The third kappa shape index (κ3) is 7.74. The number of carboxylic acid groups (broad SMARTS) is 1. The zero-order valence-electron chi connectivity index (χ0n) is 16.5. The number of aliphatic carboxylic acids is 1. The van der Waals surface area contributed by atoms with Crippen LogP contribution < -0.4 is 21.7 Å². The fourth-order valence-electron chi connectivity index (χ4n) is 2.36. The Morgan fingerprint density at radius 2 is 1.79 bits per heavy atom. The van der Waals surface area contributed by atoms with Gasteiger partial charge in [0.05, 0.1) is 12.4 Å². The first-order chi connectivity index (χ1) is 13.6. The largest absolute Gasteiger partial charge is 0.480 e. The highest BCUT2D eigenvalue weighted by atomic mass is 32.1. The monoisotopic (exact) mass is 428 g/mol. The molecule has 11 nitrogen and oxygen atoms in total. The first kappa shape index (κ1) is 24.4. The van der Waals surface area contributed by atoms with E-state index in [-0.39, 0.29) is 18.1 Å². The third-order valence-corrected chi connectivity index (χ3v) is 4.52. The summed E-state index contributed by atoms with van der Waals surface area (Å²) in [5, 5.41) is 16.6. The Hall–Kier alpha value is -2.60. The molecule has 0 bridgehead atoms. The predicted molar refractivity (Wildman–Crippen MR) is 108 cm³/mol. The van der Waals surface area contributed by atoms with Gasteiger partial charge in [0, 0.05) is 24.1 Å². The highest BCUT2D eigenvalue weighted by Gasteiger charge is 2.29. The van der Waals surface area contributed by atoms with E-state index in [9.17, 15) is 24.3 Å². The Morgan fingerprint density at radius 1 is 1.14 bits per heavy atom. The highest BCUT2D eigenvalue weighted by molar-refractivity contribution is 7.80. The molecule has 0 spiro atoms. The van der Waals surface area contributed by atoms with Crippen LogP contribution in [0.5, 0.6) is 0 Å². The number of imidazole rings is 1.